The van der Waals surface area contributed by atoms with Crippen LogP contribution in [-0.4, -0.2) is 92.3 Å². The topological polar surface area (TPSA) is 246 Å². The van der Waals surface area contributed by atoms with Crippen molar-refractivity contribution in [2.45, 2.75) is 58.8 Å². The van der Waals surface area contributed by atoms with Crippen LogP contribution in [0.25, 0.3) is 5.52 Å². The molecular weight excluding hydrogens is 548 g/mol. The first-order chi connectivity index (χ1) is 19.5. The number of nitrogens with two attached hydrogens (primary N) is 1. The van der Waals surface area contributed by atoms with Crippen molar-refractivity contribution >= 4 is 41.4 Å². The minimum Gasteiger partial charge on any atom is -0.481 e. The van der Waals surface area contributed by atoms with Gasteiger partial charge in [0.15, 0.2) is 11.9 Å². The number of hydrogen-bond acceptors (Lipinski definition) is 13. The molecule has 0 aromatic carbocycles. The van der Waals surface area contributed by atoms with E-state index in [1.807, 2.05) is 26.0 Å². The molecule has 41 heavy (non-hydrogen) atoms. The molecule has 4 heterocycles. The van der Waals surface area contributed by atoms with Gasteiger partial charge in [-0.3, -0.25) is 9.59 Å². The molecule has 2 aliphatic rings. The molecule has 2 fully saturated rings. The van der Waals surface area contributed by atoms with Crippen molar-refractivity contribution in [3.8, 4) is 6.57 Å². The summed E-state index contributed by atoms with van der Waals surface area (Å²) >= 11 is 0. The Kier molecular flexibility index (Phi) is 16.1. The number of amides is 2. The molecule has 4 rings (SSSR count). The molecule has 2 aromatic rings. The molecule has 2 amide bonds. The van der Waals surface area contributed by atoms with Gasteiger partial charge in [-0.05, 0) is 25.0 Å². The van der Waals surface area contributed by atoms with Crippen LogP contribution in [0, 0.1) is 11.8 Å². The molecule has 17 nitrogen and oxygen atoms in total. The Hall–Kier alpha value is -4.98. The fourth-order valence-corrected chi connectivity index (χ4v) is 3.43. The van der Waals surface area contributed by atoms with Crippen molar-refractivity contribution in [1.29, 1.82) is 5.26 Å². The van der Waals surface area contributed by atoms with Gasteiger partial charge >= 0.3 is 18.2 Å². The fraction of sp³-hybridized carbons (Fsp3) is 0.500. The van der Waals surface area contributed by atoms with Crippen LogP contribution in [0.4, 0.5) is 15.4 Å². The molecule has 0 radical (unpaired) electrons. The second kappa shape index (κ2) is 18.3. The number of aromatic nitrogens is 3. The molecule has 0 spiro atoms. The number of nitrogen functional groups attached to an aromatic ring is 1. The van der Waals surface area contributed by atoms with Crippen LogP contribution in [0.15, 0.2) is 18.5 Å². The molecule has 2 saturated heterocycles. The molecule has 4 N–H and O–H groups in total. The van der Waals surface area contributed by atoms with Gasteiger partial charge < -0.3 is 34.9 Å². The zero-order valence-electron chi connectivity index (χ0n) is 23.3. The van der Waals surface area contributed by atoms with Crippen molar-refractivity contribution in [3.63, 3.8) is 0 Å². The summed E-state index contributed by atoms with van der Waals surface area (Å²) in [6, 6.07) is 2.52. The largest absolute Gasteiger partial charge is 0.481 e. The number of fused-ring (bicyclic) bond motifs is 1. The number of ether oxygens (including phenoxy) is 4. The van der Waals surface area contributed by atoms with Gasteiger partial charge in [0, 0.05) is 20.4 Å². The van der Waals surface area contributed by atoms with Crippen LogP contribution in [0.2, 0.25) is 0 Å². The van der Waals surface area contributed by atoms with Crippen LogP contribution < -0.4 is 5.73 Å². The van der Waals surface area contributed by atoms with E-state index in [4.69, 9.17) is 45.0 Å². The first-order valence-electron chi connectivity index (χ1n) is 12.0. The molecule has 0 bridgehead atoms. The number of methoxy groups -OCH3 is 1. The third-order valence-electron chi connectivity index (χ3n) is 4.88. The number of hydrogen-bond donors (Lipinski definition) is 3. The smallest absolute Gasteiger partial charge is 0.420 e. The summed E-state index contributed by atoms with van der Waals surface area (Å²) in [5.74, 6) is -2.06. The average Bonchev–Trinajstić information content (AvgIpc) is 3.67. The van der Waals surface area contributed by atoms with E-state index in [1.54, 1.807) is 4.52 Å². The third-order valence-corrected chi connectivity index (χ3v) is 4.88. The Bertz CT molecular complexity index is 1180. The lowest BCUT2D eigenvalue weighted by Crippen LogP contribution is -2.45. The van der Waals surface area contributed by atoms with Crippen LogP contribution in [0.1, 0.15) is 52.3 Å². The van der Waals surface area contributed by atoms with E-state index in [0.717, 1.165) is 26.7 Å². The van der Waals surface area contributed by atoms with E-state index in [2.05, 4.69) is 21.4 Å². The number of cyclic esters (lactones) is 1. The SMILES string of the molecule is C#N.CC.CC(=O)O.CC(=O)O.COC(=O)C1COC(=O)N1C(=O)OCC1CCC(c2ccc3c(N)ncnn23)O1. The molecule has 0 aliphatic carbocycles. The number of nitrogens with zero attached hydrogens (tertiary/aromatic N) is 5. The molecule has 2 aliphatic heterocycles. The number of carbonyl (C=O) groups is 5. The van der Waals surface area contributed by atoms with Crippen molar-refractivity contribution in [2.24, 2.45) is 0 Å². The Balaban J connectivity index is 0.00000115. The van der Waals surface area contributed by atoms with Gasteiger partial charge in [0.05, 0.1) is 18.9 Å². The van der Waals surface area contributed by atoms with Gasteiger partial charge in [-0.15, -0.1) is 0 Å². The van der Waals surface area contributed by atoms with Gasteiger partial charge in [-0.1, -0.05) is 13.8 Å². The first kappa shape index (κ1) is 36.0. The summed E-state index contributed by atoms with van der Waals surface area (Å²) in [7, 11) is 1.16. The Morgan fingerprint density at radius 3 is 2.29 bits per heavy atom. The predicted octanol–water partition coefficient (Wildman–Crippen LogP) is 2.01. The number of carboxylic acids is 2. The highest BCUT2D eigenvalue weighted by Crippen LogP contribution is 2.34. The highest BCUT2D eigenvalue weighted by molar-refractivity contribution is 5.95. The minimum absolute atomic E-state index is 0.0760. The van der Waals surface area contributed by atoms with Crippen molar-refractivity contribution in [1.82, 2.24) is 19.5 Å². The van der Waals surface area contributed by atoms with Gasteiger partial charge in [-0.2, -0.15) is 10.00 Å². The van der Waals surface area contributed by atoms with Crippen molar-refractivity contribution in [2.75, 3.05) is 26.1 Å². The van der Waals surface area contributed by atoms with E-state index in [-0.39, 0.29) is 25.4 Å². The maximum absolute atomic E-state index is 12.3. The van der Waals surface area contributed by atoms with Crippen molar-refractivity contribution < 1.29 is 53.1 Å². The average molecular weight is 583 g/mol. The summed E-state index contributed by atoms with van der Waals surface area (Å²) in [4.78, 5) is 58.3. The number of rotatable bonds is 4. The Labute approximate surface area is 235 Å². The lowest BCUT2D eigenvalue weighted by Gasteiger charge is -2.19. The van der Waals surface area contributed by atoms with Crippen LogP contribution in [0.3, 0.4) is 0 Å². The number of carboxylic acid groups (broad SMARTS) is 2. The van der Waals surface area contributed by atoms with E-state index in [9.17, 15) is 14.4 Å². The number of aliphatic carboxylic acids is 2. The summed E-state index contributed by atoms with van der Waals surface area (Å²) in [6.45, 7) is 9.32. The Morgan fingerprint density at radius 2 is 1.73 bits per heavy atom. The van der Waals surface area contributed by atoms with Crippen LogP contribution >= 0.6 is 0 Å². The van der Waals surface area contributed by atoms with E-state index < -0.39 is 36.1 Å². The summed E-state index contributed by atoms with van der Waals surface area (Å²) in [5, 5.41) is 25.5. The van der Waals surface area contributed by atoms with Gasteiger partial charge in [0.1, 0.15) is 31.2 Å². The second-order valence-corrected chi connectivity index (χ2v) is 7.63. The Morgan fingerprint density at radius 1 is 1.15 bits per heavy atom. The monoisotopic (exact) mass is 582 g/mol. The maximum atomic E-state index is 12.3. The molecule has 3 unspecified atom stereocenters. The first-order valence-corrected chi connectivity index (χ1v) is 12.0. The van der Waals surface area contributed by atoms with Gasteiger partial charge in [0.25, 0.3) is 11.9 Å². The molecule has 17 heteroatoms. The van der Waals surface area contributed by atoms with E-state index in [1.165, 1.54) is 6.33 Å². The van der Waals surface area contributed by atoms with Gasteiger partial charge in [0.2, 0.25) is 0 Å². The standard InChI is InChI=1S/C17H19N5O7.2C2H4O2.C2H6.CHN/c1-26-15(23)12-7-28-17(25)21(12)16(24)27-6-9-2-5-13(29-9)10-3-4-11-14(18)19-8-20-22(10)11;2*1-2(3)4;2*1-2/h3-4,8-9,12-13H,2,5-7H2,1H3,(H2,18,19,20);2*1H3,(H,3,4);1-2H3;1H. The summed E-state index contributed by atoms with van der Waals surface area (Å²) in [6.07, 6.45) is 0.133. The molecular formula is C24H34N6O11. The normalized spacial score (nSPS) is 18.4. The van der Waals surface area contributed by atoms with Crippen LogP contribution in [0.5, 0.6) is 0 Å². The number of carbonyl (C=O) groups excluding carboxylic acids is 3. The zero-order valence-corrected chi connectivity index (χ0v) is 23.3. The minimum atomic E-state index is -1.16. The molecule has 3 atom stereocenters. The summed E-state index contributed by atoms with van der Waals surface area (Å²) < 4.78 is 22.1. The molecule has 2 aromatic heterocycles. The molecule has 0 saturated carbocycles. The second-order valence-electron chi connectivity index (χ2n) is 7.63. The van der Waals surface area contributed by atoms with Gasteiger partial charge in [-0.25, -0.2) is 29.1 Å². The van der Waals surface area contributed by atoms with E-state index >= 15 is 0 Å². The highest BCUT2D eigenvalue weighted by Gasteiger charge is 2.44. The fourth-order valence-electron chi connectivity index (χ4n) is 3.43. The van der Waals surface area contributed by atoms with Crippen molar-refractivity contribution in [3.05, 3.63) is 24.2 Å². The number of anilines is 1. The van der Waals surface area contributed by atoms with Crippen LogP contribution in [-0.2, 0) is 33.3 Å². The summed E-state index contributed by atoms with van der Waals surface area (Å²) in [5.41, 5.74) is 7.34. The number of esters is 1. The maximum Gasteiger partial charge on any atom is 0.420 e. The number of imide groups is 1. The third kappa shape index (κ3) is 11.0. The zero-order chi connectivity index (χ0) is 31.7. The predicted molar refractivity (Wildman–Crippen MR) is 139 cm³/mol. The number of nitriles is 1. The lowest BCUT2D eigenvalue weighted by molar-refractivity contribution is -0.145. The van der Waals surface area contributed by atoms with E-state index in [0.29, 0.717) is 29.1 Å². The highest BCUT2D eigenvalue weighted by atomic mass is 16.6. The molecule has 226 valence electrons. The lowest BCUT2D eigenvalue weighted by atomic mass is 10.1. The quantitative estimate of drug-likeness (QED) is 0.344.